The van der Waals surface area contributed by atoms with Crippen LogP contribution >= 0.6 is 11.3 Å². The third kappa shape index (κ3) is 4.35. The molecule has 2 aromatic carbocycles. The summed E-state index contributed by atoms with van der Waals surface area (Å²) < 4.78 is 5.60. The Hall–Kier alpha value is -3.45. The Morgan fingerprint density at radius 2 is 1.79 bits per heavy atom. The number of nitrogens with zero attached hydrogens (tertiary/aromatic N) is 1. The highest BCUT2D eigenvalue weighted by molar-refractivity contribution is 7.09. The van der Waals surface area contributed by atoms with Gasteiger partial charge in [0.1, 0.15) is 5.58 Å². The van der Waals surface area contributed by atoms with Gasteiger partial charge in [-0.3, -0.25) is 20.4 Å². The van der Waals surface area contributed by atoms with Crippen molar-refractivity contribution in [3.05, 3.63) is 87.6 Å². The van der Waals surface area contributed by atoms with Crippen LogP contribution in [-0.2, 0) is 17.6 Å². The van der Waals surface area contributed by atoms with Crippen molar-refractivity contribution in [3.8, 4) is 0 Å². The Balaban J connectivity index is 1.33. The second-order valence-electron chi connectivity index (χ2n) is 6.63. The van der Waals surface area contributed by atoms with Crippen LogP contribution < -0.4 is 10.9 Å². The molecule has 0 radical (unpaired) electrons. The van der Waals surface area contributed by atoms with Gasteiger partial charge in [-0.2, -0.15) is 0 Å². The van der Waals surface area contributed by atoms with Crippen LogP contribution in [-0.4, -0.2) is 16.8 Å². The number of rotatable bonds is 5. The first kappa shape index (κ1) is 18.9. The first-order valence-electron chi connectivity index (χ1n) is 9.14. The Labute approximate surface area is 171 Å². The molecule has 0 fully saturated rings. The third-order valence-electron chi connectivity index (χ3n) is 4.50. The van der Waals surface area contributed by atoms with Crippen molar-refractivity contribution in [2.45, 2.75) is 19.8 Å². The van der Waals surface area contributed by atoms with Gasteiger partial charge in [0.2, 0.25) is 5.91 Å². The Morgan fingerprint density at radius 3 is 2.59 bits per heavy atom. The van der Waals surface area contributed by atoms with Gasteiger partial charge < -0.3 is 4.42 Å². The molecule has 0 atom stereocenters. The summed E-state index contributed by atoms with van der Waals surface area (Å²) in [4.78, 5) is 29.0. The zero-order chi connectivity index (χ0) is 20.2. The molecule has 4 aromatic rings. The van der Waals surface area contributed by atoms with Crippen molar-refractivity contribution < 1.29 is 14.0 Å². The molecule has 0 aliphatic heterocycles. The van der Waals surface area contributed by atoms with E-state index in [1.807, 2.05) is 60.8 Å². The monoisotopic (exact) mass is 405 g/mol. The van der Waals surface area contributed by atoms with Crippen molar-refractivity contribution in [2.75, 3.05) is 0 Å². The highest BCUT2D eigenvalue weighted by atomic mass is 32.1. The second-order valence-corrected chi connectivity index (χ2v) is 7.57. The second kappa shape index (κ2) is 8.28. The predicted molar refractivity (Wildman–Crippen MR) is 112 cm³/mol. The minimum absolute atomic E-state index is 0.0880. The van der Waals surface area contributed by atoms with Crippen molar-refractivity contribution in [3.63, 3.8) is 0 Å². The number of fused-ring (bicyclic) bond motifs is 1. The number of nitrogens with one attached hydrogen (secondary N) is 2. The van der Waals surface area contributed by atoms with E-state index in [2.05, 4.69) is 15.8 Å². The number of hydrogen-bond donors (Lipinski definition) is 2. The third-order valence-corrected chi connectivity index (χ3v) is 5.40. The maximum Gasteiger partial charge on any atom is 0.305 e. The number of hydrazine groups is 1. The molecule has 6 nitrogen and oxygen atoms in total. The van der Waals surface area contributed by atoms with Crippen LogP contribution in [0.5, 0.6) is 0 Å². The summed E-state index contributed by atoms with van der Waals surface area (Å²) in [5, 5.41) is 3.68. The fraction of sp³-hybridized carbons (Fsp3) is 0.136. The molecule has 0 aliphatic rings. The molecule has 0 saturated heterocycles. The van der Waals surface area contributed by atoms with Crippen molar-refractivity contribution in [1.29, 1.82) is 0 Å². The van der Waals surface area contributed by atoms with Crippen molar-refractivity contribution >= 4 is 34.1 Å². The zero-order valence-corrected chi connectivity index (χ0v) is 16.6. The number of amides is 2. The maximum absolute atomic E-state index is 12.4. The minimum atomic E-state index is -0.491. The van der Waals surface area contributed by atoms with E-state index in [4.69, 9.17) is 4.42 Å². The van der Waals surface area contributed by atoms with E-state index in [1.54, 1.807) is 6.07 Å². The standard InChI is InChI=1S/C22H19N3O3S/c1-14-17-9-5-6-10-18(17)28-21(14)22(27)25-24-19(26)12-16-13-29-20(23-16)11-15-7-3-2-4-8-15/h2-10,13H,11-12H2,1H3,(H,24,26)(H,25,27). The fourth-order valence-corrected chi connectivity index (χ4v) is 3.89. The van der Waals surface area contributed by atoms with Crippen LogP contribution in [0.2, 0.25) is 0 Å². The van der Waals surface area contributed by atoms with Crippen LogP contribution in [0.4, 0.5) is 0 Å². The van der Waals surface area contributed by atoms with Crippen LogP contribution in [0.3, 0.4) is 0 Å². The average Bonchev–Trinajstić information content (AvgIpc) is 3.31. The molecule has 2 amide bonds. The van der Waals surface area contributed by atoms with Gasteiger partial charge >= 0.3 is 5.91 Å². The number of benzene rings is 2. The fourth-order valence-electron chi connectivity index (χ4n) is 3.06. The number of thiazole rings is 1. The van der Waals surface area contributed by atoms with Gasteiger partial charge in [0.15, 0.2) is 5.76 Å². The van der Waals surface area contributed by atoms with Gasteiger partial charge in [-0.05, 0) is 18.6 Å². The lowest BCUT2D eigenvalue weighted by molar-refractivity contribution is -0.121. The van der Waals surface area contributed by atoms with E-state index in [0.29, 0.717) is 11.3 Å². The van der Waals surface area contributed by atoms with E-state index in [-0.39, 0.29) is 18.1 Å². The van der Waals surface area contributed by atoms with Gasteiger partial charge in [0.25, 0.3) is 0 Å². The maximum atomic E-state index is 12.4. The van der Waals surface area contributed by atoms with Gasteiger partial charge in [-0.1, -0.05) is 48.5 Å². The number of aryl methyl sites for hydroxylation is 1. The van der Waals surface area contributed by atoms with Crippen LogP contribution in [0.1, 0.15) is 32.4 Å². The Morgan fingerprint density at radius 1 is 1.03 bits per heavy atom. The molecule has 4 rings (SSSR count). The summed E-state index contributed by atoms with van der Waals surface area (Å²) in [7, 11) is 0. The number of para-hydroxylation sites is 1. The summed E-state index contributed by atoms with van der Waals surface area (Å²) >= 11 is 1.52. The smallest absolute Gasteiger partial charge is 0.305 e. The molecule has 146 valence electrons. The lowest BCUT2D eigenvalue weighted by Gasteiger charge is -2.05. The molecule has 0 bridgehead atoms. The van der Waals surface area contributed by atoms with Gasteiger partial charge in [-0.15, -0.1) is 11.3 Å². The molecule has 7 heteroatoms. The molecule has 0 unspecified atom stereocenters. The SMILES string of the molecule is Cc1c(C(=O)NNC(=O)Cc2csc(Cc3ccccc3)n2)oc2ccccc12. The van der Waals surface area contributed by atoms with Gasteiger partial charge in [0, 0.05) is 22.8 Å². The Kier molecular flexibility index (Phi) is 5.39. The first-order valence-corrected chi connectivity index (χ1v) is 10.0. The number of carbonyl (C=O) groups excluding carboxylic acids is 2. The number of carbonyl (C=O) groups is 2. The normalized spacial score (nSPS) is 10.8. The summed E-state index contributed by atoms with van der Waals surface area (Å²) in [6.45, 7) is 1.81. The van der Waals surface area contributed by atoms with Crippen LogP contribution in [0.25, 0.3) is 11.0 Å². The number of furan rings is 1. The summed E-state index contributed by atoms with van der Waals surface area (Å²) in [6.07, 6.45) is 0.819. The molecule has 2 heterocycles. The minimum Gasteiger partial charge on any atom is -0.451 e. The molecular weight excluding hydrogens is 386 g/mol. The van der Waals surface area contributed by atoms with Gasteiger partial charge in [0.05, 0.1) is 17.1 Å². The summed E-state index contributed by atoms with van der Waals surface area (Å²) in [5.74, 6) is -0.649. The van der Waals surface area contributed by atoms with E-state index < -0.39 is 5.91 Å². The largest absolute Gasteiger partial charge is 0.451 e. The van der Waals surface area contributed by atoms with Gasteiger partial charge in [-0.25, -0.2) is 4.98 Å². The summed E-state index contributed by atoms with van der Waals surface area (Å²) in [6, 6.07) is 17.5. The van der Waals surface area contributed by atoms with Crippen LogP contribution in [0, 0.1) is 6.92 Å². The lowest BCUT2D eigenvalue weighted by Crippen LogP contribution is -2.42. The quantitative estimate of drug-likeness (QED) is 0.495. The number of aromatic nitrogens is 1. The topological polar surface area (TPSA) is 84.2 Å². The van der Waals surface area contributed by atoms with E-state index in [0.717, 1.165) is 22.4 Å². The number of hydrogen-bond acceptors (Lipinski definition) is 5. The molecule has 0 aliphatic carbocycles. The molecule has 0 spiro atoms. The van der Waals surface area contributed by atoms with E-state index in [9.17, 15) is 9.59 Å². The highest BCUT2D eigenvalue weighted by Crippen LogP contribution is 2.24. The Bertz CT molecular complexity index is 1160. The lowest BCUT2D eigenvalue weighted by atomic mass is 10.1. The van der Waals surface area contributed by atoms with E-state index >= 15 is 0 Å². The first-order chi connectivity index (χ1) is 14.1. The zero-order valence-electron chi connectivity index (χ0n) is 15.8. The van der Waals surface area contributed by atoms with Crippen molar-refractivity contribution in [2.24, 2.45) is 0 Å². The summed E-state index contributed by atoms with van der Waals surface area (Å²) in [5.41, 5.74) is 8.05. The van der Waals surface area contributed by atoms with Crippen LogP contribution in [0.15, 0.2) is 64.4 Å². The molecule has 2 aromatic heterocycles. The highest BCUT2D eigenvalue weighted by Gasteiger charge is 2.18. The van der Waals surface area contributed by atoms with E-state index in [1.165, 1.54) is 16.9 Å². The predicted octanol–water partition coefficient (Wildman–Crippen LogP) is 3.79. The molecule has 29 heavy (non-hydrogen) atoms. The molecule has 0 saturated carbocycles. The average molecular weight is 405 g/mol. The molecular formula is C22H19N3O3S. The molecule has 2 N–H and O–H groups in total. The van der Waals surface area contributed by atoms with Crippen molar-refractivity contribution in [1.82, 2.24) is 15.8 Å².